The van der Waals surface area contributed by atoms with Crippen molar-refractivity contribution >= 4 is 28.3 Å². The van der Waals surface area contributed by atoms with E-state index in [9.17, 15) is 9.59 Å². The Kier molecular flexibility index (Phi) is 4.92. The zero-order chi connectivity index (χ0) is 17.1. The summed E-state index contributed by atoms with van der Waals surface area (Å²) in [5.41, 5.74) is 1.87. The minimum atomic E-state index is -0.657. The number of anilines is 1. The number of hydrogen-bond donors (Lipinski definition) is 1. The van der Waals surface area contributed by atoms with Gasteiger partial charge in [0, 0.05) is 11.4 Å². The second-order valence-corrected chi connectivity index (χ2v) is 6.89. The fourth-order valence-corrected chi connectivity index (χ4v) is 3.33. The molecule has 7 heteroatoms. The van der Waals surface area contributed by atoms with E-state index in [1.54, 1.807) is 4.90 Å². The van der Waals surface area contributed by atoms with Crippen LogP contribution in [-0.2, 0) is 20.9 Å². The van der Waals surface area contributed by atoms with Crippen LogP contribution in [0.25, 0.3) is 0 Å². The van der Waals surface area contributed by atoms with Gasteiger partial charge in [0.1, 0.15) is 12.6 Å². The highest BCUT2D eigenvalue weighted by molar-refractivity contribution is 7.15. The fourth-order valence-electron chi connectivity index (χ4n) is 2.52. The molecule has 1 saturated heterocycles. The van der Waals surface area contributed by atoms with E-state index in [0.29, 0.717) is 11.7 Å². The van der Waals surface area contributed by atoms with Crippen LogP contribution in [0.4, 0.5) is 5.13 Å². The van der Waals surface area contributed by atoms with E-state index in [2.05, 4.69) is 10.3 Å². The van der Waals surface area contributed by atoms with Crippen molar-refractivity contribution in [3.8, 4) is 0 Å². The molecule has 1 fully saturated rings. The summed E-state index contributed by atoms with van der Waals surface area (Å²) in [5, 5.41) is 3.35. The average molecular weight is 345 g/mol. The van der Waals surface area contributed by atoms with Gasteiger partial charge in [0.2, 0.25) is 5.91 Å². The Hall–Kier alpha value is -2.25. The lowest BCUT2D eigenvalue weighted by Gasteiger charge is -2.34. The Balaban J connectivity index is 1.75. The minimum absolute atomic E-state index is 0.00603. The molecule has 1 aromatic heterocycles. The first-order valence-electron chi connectivity index (χ1n) is 7.70. The first kappa shape index (κ1) is 16.6. The lowest BCUT2D eigenvalue weighted by Crippen LogP contribution is -2.54. The molecule has 126 valence electrons. The Bertz CT molecular complexity index is 725. The molecule has 3 rings (SSSR count). The second kappa shape index (κ2) is 7.11. The molecule has 0 aliphatic carbocycles. The van der Waals surface area contributed by atoms with Crippen molar-refractivity contribution in [2.24, 2.45) is 0 Å². The number of morpholine rings is 1. The predicted molar refractivity (Wildman–Crippen MR) is 91.8 cm³/mol. The van der Waals surface area contributed by atoms with Gasteiger partial charge >= 0.3 is 0 Å². The molecular formula is C17H19N3O3S. The molecule has 2 heterocycles. The second-order valence-electron chi connectivity index (χ2n) is 5.69. The third kappa shape index (κ3) is 3.63. The zero-order valence-electron chi connectivity index (χ0n) is 13.6. The minimum Gasteiger partial charge on any atom is -0.369 e. The van der Waals surface area contributed by atoms with Gasteiger partial charge in [0.15, 0.2) is 5.13 Å². The summed E-state index contributed by atoms with van der Waals surface area (Å²) in [7, 11) is 0. The van der Waals surface area contributed by atoms with Crippen LogP contribution >= 0.6 is 11.3 Å². The molecule has 6 nitrogen and oxygen atoms in total. The van der Waals surface area contributed by atoms with Gasteiger partial charge in [-0.3, -0.25) is 9.59 Å². The summed E-state index contributed by atoms with van der Waals surface area (Å²) < 4.78 is 5.28. The van der Waals surface area contributed by atoms with Gasteiger partial charge < -0.3 is 15.0 Å². The summed E-state index contributed by atoms with van der Waals surface area (Å²) in [4.78, 5) is 31.8. The fraction of sp³-hybridized carbons (Fsp3) is 0.353. The molecule has 1 atom stereocenters. The van der Waals surface area contributed by atoms with E-state index in [1.165, 1.54) is 11.3 Å². The standard InChI is InChI=1S/C17H19N3O3S/c1-11-12(2)24-17(18-11)19-16(22)14-9-23-10-15(21)20(14)8-13-6-4-3-5-7-13/h3-7,14H,8-10H2,1-2H3,(H,18,19,22). The number of carbonyl (C=O) groups is 2. The van der Waals surface area contributed by atoms with E-state index in [0.717, 1.165) is 16.1 Å². The summed E-state index contributed by atoms with van der Waals surface area (Å²) in [5.74, 6) is -0.454. The SMILES string of the molecule is Cc1nc(NC(=O)C2COCC(=O)N2Cc2ccccc2)sc1C. The number of aryl methyl sites for hydroxylation is 2. The average Bonchev–Trinajstić information content (AvgIpc) is 2.88. The third-order valence-electron chi connectivity index (χ3n) is 3.95. The zero-order valence-corrected chi connectivity index (χ0v) is 14.4. The Morgan fingerprint density at radius 1 is 1.38 bits per heavy atom. The molecule has 1 unspecified atom stereocenters. The highest BCUT2D eigenvalue weighted by atomic mass is 32.1. The number of rotatable bonds is 4. The summed E-state index contributed by atoms with van der Waals surface area (Å²) in [6, 6.07) is 8.96. The maximum Gasteiger partial charge on any atom is 0.251 e. The molecule has 1 aromatic carbocycles. The number of benzene rings is 1. The van der Waals surface area contributed by atoms with Gasteiger partial charge in [-0.05, 0) is 19.4 Å². The van der Waals surface area contributed by atoms with E-state index in [-0.39, 0.29) is 25.0 Å². The van der Waals surface area contributed by atoms with E-state index >= 15 is 0 Å². The number of nitrogens with one attached hydrogen (secondary N) is 1. The number of ether oxygens (including phenoxy) is 1. The molecule has 1 aliphatic heterocycles. The molecule has 0 radical (unpaired) electrons. The Morgan fingerprint density at radius 3 is 2.79 bits per heavy atom. The van der Waals surface area contributed by atoms with Gasteiger partial charge in [-0.25, -0.2) is 4.98 Å². The van der Waals surface area contributed by atoms with Crippen LogP contribution in [0.5, 0.6) is 0 Å². The normalized spacial score (nSPS) is 17.8. The maximum absolute atomic E-state index is 12.6. The molecule has 0 bridgehead atoms. The van der Waals surface area contributed by atoms with Crippen LogP contribution in [0.2, 0.25) is 0 Å². The highest BCUT2D eigenvalue weighted by Gasteiger charge is 2.34. The van der Waals surface area contributed by atoms with E-state index in [1.807, 2.05) is 44.2 Å². The molecule has 24 heavy (non-hydrogen) atoms. The number of hydrogen-bond acceptors (Lipinski definition) is 5. The van der Waals surface area contributed by atoms with Crippen molar-refractivity contribution in [1.29, 1.82) is 0 Å². The summed E-state index contributed by atoms with van der Waals surface area (Å²) in [6.45, 7) is 4.44. The smallest absolute Gasteiger partial charge is 0.251 e. The van der Waals surface area contributed by atoms with Crippen LogP contribution in [0, 0.1) is 13.8 Å². The van der Waals surface area contributed by atoms with Crippen molar-refractivity contribution in [2.45, 2.75) is 26.4 Å². The first-order valence-corrected chi connectivity index (χ1v) is 8.52. The number of nitrogens with zero attached hydrogens (tertiary/aromatic N) is 2. The number of thiazole rings is 1. The van der Waals surface area contributed by atoms with Crippen molar-refractivity contribution < 1.29 is 14.3 Å². The predicted octanol–water partition coefficient (Wildman–Crippen LogP) is 2.13. The topological polar surface area (TPSA) is 71.5 Å². The largest absolute Gasteiger partial charge is 0.369 e. The third-order valence-corrected chi connectivity index (χ3v) is 4.94. The molecular weight excluding hydrogens is 326 g/mol. The van der Waals surface area contributed by atoms with Gasteiger partial charge in [0.05, 0.1) is 12.3 Å². The molecule has 1 aliphatic rings. The Morgan fingerprint density at radius 2 is 2.12 bits per heavy atom. The molecule has 2 aromatic rings. The number of carbonyl (C=O) groups excluding carboxylic acids is 2. The van der Waals surface area contributed by atoms with Crippen LogP contribution < -0.4 is 5.32 Å². The summed E-state index contributed by atoms with van der Waals surface area (Å²) in [6.07, 6.45) is 0. The van der Waals surface area contributed by atoms with E-state index in [4.69, 9.17) is 4.74 Å². The summed E-state index contributed by atoms with van der Waals surface area (Å²) >= 11 is 1.43. The van der Waals surface area contributed by atoms with Crippen molar-refractivity contribution in [1.82, 2.24) is 9.88 Å². The van der Waals surface area contributed by atoms with Crippen molar-refractivity contribution in [2.75, 3.05) is 18.5 Å². The van der Waals surface area contributed by atoms with Crippen LogP contribution in [0.3, 0.4) is 0 Å². The van der Waals surface area contributed by atoms with Crippen LogP contribution in [-0.4, -0.2) is 41.0 Å². The van der Waals surface area contributed by atoms with Gasteiger partial charge in [0.25, 0.3) is 5.91 Å². The number of amides is 2. The molecule has 0 spiro atoms. The highest BCUT2D eigenvalue weighted by Crippen LogP contribution is 2.22. The van der Waals surface area contributed by atoms with Crippen LogP contribution in [0.1, 0.15) is 16.1 Å². The van der Waals surface area contributed by atoms with Gasteiger partial charge in [-0.2, -0.15) is 0 Å². The monoisotopic (exact) mass is 345 g/mol. The van der Waals surface area contributed by atoms with Crippen molar-refractivity contribution in [3.63, 3.8) is 0 Å². The number of aromatic nitrogens is 1. The van der Waals surface area contributed by atoms with Gasteiger partial charge in [-0.15, -0.1) is 11.3 Å². The van der Waals surface area contributed by atoms with Crippen molar-refractivity contribution in [3.05, 3.63) is 46.5 Å². The first-order chi connectivity index (χ1) is 11.5. The molecule has 2 amide bonds. The lowest BCUT2D eigenvalue weighted by atomic mass is 10.1. The van der Waals surface area contributed by atoms with Gasteiger partial charge in [-0.1, -0.05) is 30.3 Å². The molecule has 1 N–H and O–H groups in total. The quantitative estimate of drug-likeness (QED) is 0.921. The maximum atomic E-state index is 12.6. The molecule has 0 saturated carbocycles. The van der Waals surface area contributed by atoms with E-state index < -0.39 is 6.04 Å². The lowest BCUT2D eigenvalue weighted by molar-refractivity contribution is -0.154. The Labute approximate surface area is 144 Å². The van der Waals surface area contributed by atoms with Crippen LogP contribution in [0.15, 0.2) is 30.3 Å².